The predicted octanol–water partition coefficient (Wildman–Crippen LogP) is 1.91. The van der Waals surface area contributed by atoms with E-state index < -0.39 is 5.91 Å². The second kappa shape index (κ2) is 8.29. The maximum atomic E-state index is 12.7. The Hall–Kier alpha value is -1.88. The van der Waals surface area contributed by atoms with Crippen molar-refractivity contribution < 1.29 is 9.59 Å². The van der Waals surface area contributed by atoms with Gasteiger partial charge in [0.25, 0.3) is 0 Å². The number of piperazine rings is 1. The lowest BCUT2D eigenvalue weighted by Crippen LogP contribution is -2.54. The third-order valence-corrected chi connectivity index (χ3v) is 4.64. The monoisotopic (exact) mass is 331 g/mol. The number of amides is 2. The van der Waals surface area contributed by atoms with E-state index in [1.807, 2.05) is 17.0 Å². The SMILES string of the molecule is CC(C)CC1CN(C)CCN1C(=O)CCc1ccccc1C(N)=O. The topological polar surface area (TPSA) is 66.6 Å². The standard InChI is InChI=1S/C19H29N3O2/c1-14(2)12-16-13-21(3)10-11-22(16)18(23)9-8-15-6-4-5-7-17(15)19(20)24/h4-7,14,16H,8-13H2,1-3H3,(H2,20,24). The molecule has 1 fully saturated rings. The molecule has 5 heteroatoms. The van der Waals surface area contributed by atoms with Gasteiger partial charge in [-0.3, -0.25) is 9.59 Å². The fourth-order valence-corrected chi connectivity index (χ4v) is 3.45. The Morgan fingerprint density at radius 2 is 1.96 bits per heavy atom. The normalized spacial score (nSPS) is 18.8. The highest BCUT2D eigenvalue weighted by atomic mass is 16.2. The lowest BCUT2D eigenvalue weighted by molar-refractivity contribution is -0.136. The molecule has 1 atom stereocenters. The van der Waals surface area contributed by atoms with Crippen molar-refractivity contribution in [3.8, 4) is 0 Å². The average molecular weight is 331 g/mol. The van der Waals surface area contributed by atoms with Gasteiger partial charge in [-0.05, 0) is 37.4 Å². The molecule has 1 aromatic rings. The number of rotatable bonds is 6. The molecule has 2 N–H and O–H groups in total. The van der Waals surface area contributed by atoms with E-state index in [0.717, 1.165) is 31.6 Å². The Labute approximate surface area is 144 Å². The molecule has 1 aliphatic heterocycles. The van der Waals surface area contributed by atoms with E-state index in [0.29, 0.717) is 24.3 Å². The lowest BCUT2D eigenvalue weighted by Gasteiger charge is -2.41. The molecular weight excluding hydrogens is 302 g/mol. The van der Waals surface area contributed by atoms with E-state index in [1.165, 1.54) is 0 Å². The maximum absolute atomic E-state index is 12.7. The number of likely N-dealkylation sites (N-methyl/N-ethyl adjacent to an activating group) is 1. The Morgan fingerprint density at radius 1 is 1.25 bits per heavy atom. The molecule has 1 heterocycles. The maximum Gasteiger partial charge on any atom is 0.248 e. The number of benzene rings is 1. The highest BCUT2D eigenvalue weighted by Gasteiger charge is 2.29. The van der Waals surface area contributed by atoms with E-state index in [4.69, 9.17) is 5.73 Å². The van der Waals surface area contributed by atoms with E-state index in [9.17, 15) is 9.59 Å². The fraction of sp³-hybridized carbons (Fsp3) is 0.579. The van der Waals surface area contributed by atoms with Gasteiger partial charge in [-0.15, -0.1) is 0 Å². The van der Waals surface area contributed by atoms with Crippen LogP contribution in [-0.2, 0) is 11.2 Å². The smallest absolute Gasteiger partial charge is 0.248 e. The molecule has 0 aromatic heterocycles. The van der Waals surface area contributed by atoms with Crippen molar-refractivity contribution in [2.45, 2.75) is 39.2 Å². The van der Waals surface area contributed by atoms with Crippen LogP contribution in [0.3, 0.4) is 0 Å². The molecule has 0 aliphatic carbocycles. The number of primary amides is 1. The minimum absolute atomic E-state index is 0.174. The van der Waals surface area contributed by atoms with Gasteiger partial charge in [-0.1, -0.05) is 32.0 Å². The number of hydrogen-bond donors (Lipinski definition) is 1. The van der Waals surface area contributed by atoms with Crippen molar-refractivity contribution in [3.05, 3.63) is 35.4 Å². The van der Waals surface area contributed by atoms with Gasteiger partial charge in [-0.2, -0.15) is 0 Å². The molecule has 0 radical (unpaired) electrons. The highest BCUT2D eigenvalue weighted by molar-refractivity contribution is 5.94. The molecule has 0 spiro atoms. The van der Waals surface area contributed by atoms with Gasteiger partial charge >= 0.3 is 0 Å². The number of nitrogens with zero attached hydrogens (tertiary/aromatic N) is 2. The number of carbonyl (C=O) groups is 2. The highest BCUT2D eigenvalue weighted by Crippen LogP contribution is 2.19. The van der Waals surface area contributed by atoms with Crippen molar-refractivity contribution in [1.82, 2.24) is 9.80 Å². The molecule has 2 rings (SSSR count). The molecule has 1 aromatic carbocycles. The van der Waals surface area contributed by atoms with Crippen LogP contribution < -0.4 is 5.73 Å². The lowest BCUT2D eigenvalue weighted by atomic mass is 9.98. The summed E-state index contributed by atoms with van der Waals surface area (Å²) < 4.78 is 0. The third-order valence-electron chi connectivity index (χ3n) is 4.64. The van der Waals surface area contributed by atoms with E-state index in [-0.39, 0.29) is 11.9 Å². The summed E-state index contributed by atoms with van der Waals surface area (Å²) in [5.41, 5.74) is 6.79. The van der Waals surface area contributed by atoms with Gasteiger partial charge in [0, 0.05) is 37.7 Å². The summed E-state index contributed by atoms with van der Waals surface area (Å²) in [6.45, 7) is 7.02. The summed E-state index contributed by atoms with van der Waals surface area (Å²) in [7, 11) is 2.11. The molecular formula is C19H29N3O2. The van der Waals surface area contributed by atoms with E-state index >= 15 is 0 Å². The first-order valence-corrected chi connectivity index (χ1v) is 8.74. The summed E-state index contributed by atoms with van der Waals surface area (Å²) in [5, 5.41) is 0. The number of hydrogen-bond acceptors (Lipinski definition) is 3. The summed E-state index contributed by atoms with van der Waals surface area (Å²) in [4.78, 5) is 28.6. The van der Waals surface area contributed by atoms with Crippen LogP contribution in [0, 0.1) is 5.92 Å². The van der Waals surface area contributed by atoms with E-state index in [1.54, 1.807) is 12.1 Å². The predicted molar refractivity (Wildman–Crippen MR) is 95.7 cm³/mol. The minimum Gasteiger partial charge on any atom is -0.366 e. The van der Waals surface area contributed by atoms with Gasteiger partial charge in [0.1, 0.15) is 0 Å². The Morgan fingerprint density at radius 3 is 2.62 bits per heavy atom. The van der Waals surface area contributed by atoms with Gasteiger partial charge in [0.05, 0.1) is 0 Å². The van der Waals surface area contributed by atoms with Crippen molar-refractivity contribution in [2.75, 3.05) is 26.7 Å². The van der Waals surface area contributed by atoms with Gasteiger partial charge in [0.2, 0.25) is 11.8 Å². The largest absolute Gasteiger partial charge is 0.366 e. The van der Waals surface area contributed by atoms with Gasteiger partial charge < -0.3 is 15.5 Å². The first-order valence-electron chi connectivity index (χ1n) is 8.74. The first-order chi connectivity index (χ1) is 11.4. The zero-order valence-corrected chi connectivity index (χ0v) is 15.0. The average Bonchev–Trinajstić information content (AvgIpc) is 2.52. The zero-order chi connectivity index (χ0) is 17.7. The Bertz CT molecular complexity index is 584. The fourth-order valence-electron chi connectivity index (χ4n) is 3.45. The van der Waals surface area contributed by atoms with Crippen molar-refractivity contribution in [2.24, 2.45) is 11.7 Å². The van der Waals surface area contributed by atoms with Crippen molar-refractivity contribution in [3.63, 3.8) is 0 Å². The molecule has 0 saturated carbocycles. The quantitative estimate of drug-likeness (QED) is 0.866. The van der Waals surface area contributed by atoms with Crippen LogP contribution in [-0.4, -0.2) is 54.3 Å². The van der Waals surface area contributed by atoms with Crippen LogP contribution in [0.25, 0.3) is 0 Å². The van der Waals surface area contributed by atoms with Crippen LogP contribution in [0.2, 0.25) is 0 Å². The second-order valence-electron chi connectivity index (χ2n) is 7.15. The zero-order valence-electron chi connectivity index (χ0n) is 15.0. The Balaban J connectivity index is 2.02. The first kappa shape index (κ1) is 18.5. The molecule has 24 heavy (non-hydrogen) atoms. The summed E-state index contributed by atoms with van der Waals surface area (Å²) in [5.74, 6) is 0.302. The van der Waals surface area contributed by atoms with Crippen LogP contribution in [0.5, 0.6) is 0 Å². The van der Waals surface area contributed by atoms with Gasteiger partial charge in [-0.25, -0.2) is 0 Å². The van der Waals surface area contributed by atoms with Crippen LogP contribution in [0.1, 0.15) is 42.6 Å². The van der Waals surface area contributed by atoms with Crippen LogP contribution >= 0.6 is 0 Å². The van der Waals surface area contributed by atoms with E-state index in [2.05, 4.69) is 25.8 Å². The van der Waals surface area contributed by atoms with Crippen LogP contribution in [0.4, 0.5) is 0 Å². The van der Waals surface area contributed by atoms with Crippen LogP contribution in [0.15, 0.2) is 24.3 Å². The summed E-state index contributed by atoms with van der Waals surface area (Å²) in [6, 6.07) is 7.55. The summed E-state index contributed by atoms with van der Waals surface area (Å²) >= 11 is 0. The second-order valence-corrected chi connectivity index (χ2v) is 7.15. The third kappa shape index (κ3) is 4.81. The number of nitrogens with two attached hydrogens (primary N) is 1. The van der Waals surface area contributed by atoms with Crippen molar-refractivity contribution in [1.29, 1.82) is 0 Å². The minimum atomic E-state index is -0.435. The molecule has 1 aliphatic rings. The molecule has 2 amide bonds. The summed E-state index contributed by atoms with van der Waals surface area (Å²) in [6.07, 6.45) is 2.00. The van der Waals surface area contributed by atoms with Gasteiger partial charge in [0.15, 0.2) is 0 Å². The molecule has 132 valence electrons. The molecule has 1 saturated heterocycles. The Kier molecular flexibility index (Phi) is 6.37. The molecule has 0 bridgehead atoms. The molecule has 1 unspecified atom stereocenters. The number of carbonyl (C=O) groups excluding carboxylic acids is 2. The van der Waals surface area contributed by atoms with Crippen molar-refractivity contribution >= 4 is 11.8 Å². The molecule has 5 nitrogen and oxygen atoms in total. The number of aryl methyl sites for hydroxylation is 1.